The van der Waals surface area contributed by atoms with Gasteiger partial charge < -0.3 is 4.42 Å². The molecule has 0 bridgehead atoms. The number of carbonyl (C=O) groups excluding carboxylic acids is 1. The van der Waals surface area contributed by atoms with Crippen molar-refractivity contribution in [3.63, 3.8) is 0 Å². The van der Waals surface area contributed by atoms with Gasteiger partial charge in [0.25, 0.3) is 5.91 Å². The van der Waals surface area contributed by atoms with E-state index in [0.29, 0.717) is 29.3 Å². The van der Waals surface area contributed by atoms with Gasteiger partial charge in [0.2, 0.25) is 10.0 Å². The Bertz CT molecular complexity index is 1340. The molecule has 0 spiro atoms. The smallest absolute Gasteiger partial charge is 0.258 e. The Morgan fingerprint density at radius 2 is 1.89 bits per heavy atom. The Morgan fingerprint density at radius 1 is 1.17 bits per heavy atom. The minimum Gasteiger partial charge on any atom is -0.467 e. The summed E-state index contributed by atoms with van der Waals surface area (Å²) >= 11 is 6.01. The third-order valence-electron chi connectivity index (χ3n) is 5.94. The zero-order valence-electron chi connectivity index (χ0n) is 20.0. The van der Waals surface area contributed by atoms with Crippen LogP contribution in [0.5, 0.6) is 0 Å². The Balaban J connectivity index is 1.66. The van der Waals surface area contributed by atoms with Crippen molar-refractivity contribution in [2.75, 3.05) is 13.1 Å². The normalized spacial score (nSPS) is 16.1. The first-order chi connectivity index (χ1) is 17.2. The lowest BCUT2D eigenvalue weighted by Crippen LogP contribution is -2.42. The van der Waals surface area contributed by atoms with E-state index < -0.39 is 39.2 Å². The quantitative estimate of drug-likeness (QED) is 0.365. The van der Waals surface area contributed by atoms with Crippen LogP contribution in [-0.2, 0) is 14.8 Å². The number of nitrogens with zero attached hydrogens (tertiary/aromatic N) is 3. The van der Waals surface area contributed by atoms with Gasteiger partial charge in [0.15, 0.2) is 0 Å². The fraction of sp³-hybridized carbons (Fsp3) is 0.308. The second-order valence-corrected chi connectivity index (χ2v) is 11.3. The van der Waals surface area contributed by atoms with Gasteiger partial charge in [-0.1, -0.05) is 49.7 Å². The van der Waals surface area contributed by atoms with Crippen LogP contribution >= 0.6 is 11.6 Å². The number of hydrogen-bond acceptors (Lipinski definition) is 5. The summed E-state index contributed by atoms with van der Waals surface area (Å²) in [6.45, 7) is 3.47. The number of hydrazone groups is 1. The molecule has 1 amide bonds. The van der Waals surface area contributed by atoms with Gasteiger partial charge in [-0.05, 0) is 54.3 Å². The molecule has 0 N–H and O–H groups in total. The summed E-state index contributed by atoms with van der Waals surface area (Å²) in [5.41, 5.74) is 1.44. The van der Waals surface area contributed by atoms with E-state index in [4.69, 9.17) is 16.0 Å². The van der Waals surface area contributed by atoms with E-state index in [2.05, 4.69) is 5.10 Å². The summed E-state index contributed by atoms with van der Waals surface area (Å²) in [4.78, 5) is 13.1. The molecule has 1 aliphatic heterocycles. The average Bonchev–Trinajstić information content (AvgIpc) is 3.52. The summed E-state index contributed by atoms with van der Waals surface area (Å²) in [5, 5.41) is 6.39. The lowest BCUT2D eigenvalue weighted by atomic mass is 10.0. The highest BCUT2D eigenvalue weighted by molar-refractivity contribution is 7.89. The molecule has 2 aromatic carbocycles. The average molecular weight is 532 g/mol. The minimum absolute atomic E-state index is 0.0626. The van der Waals surface area contributed by atoms with Crippen molar-refractivity contribution in [2.24, 2.45) is 11.0 Å². The largest absolute Gasteiger partial charge is 0.467 e. The number of carbonyl (C=O) groups is 1. The van der Waals surface area contributed by atoms with Crippen LogP contribution in [0.4, 0.5) is 4.39 Å². The first-order valence-electron chi connectivity index (χ1n) is 11.6. The SMILES string of the molecule is CC(C)CCN(CC(=O)N1N=C(c2ccc(Cl)cc2)C[C@@H]1c1ccco1)S(=O)(=O)c1ccccc1F. The molecule has 0 saturated carbocycles. The minimum atomic E-state index is -4.27. The molecule has 36 heavy (non-hydrogen) atoms. The summed E-state index contributed by atoms with van der Waals surface area (Å²) in [6.07, 6.45) is 2.39. The predicted octanol–water partition coefficient (Wildman–Crippen LogP) is 5.49. The first-order valence-corrected chi connectivity index (χ1v) is 13.4. The number of sulfonamides is 1. The van der Waals surface area contributed by atoms with E-state index >= 15 is 0 Å². The summed E-state index contributed by atoms with van der Waals surface area (Å²) < 4.78 is 47.8. The van der Waals surface area contributed by atoms with Crippen LogP contribution in [-0.4, -0.2) is 42.4 Å². The van der Waals surface area contributed by atoms with Crippen LogP contribution in [0.2, 0.25) is 5.02 Å². The summed E-state index contributed by atoms with van der Waals surface area (Å²) in [7, 11) is -4.27. The van der Waals surface area contributed by atoms with Crippen LogP contribution in [0.3, 0.4) is 0 Å². The second kappa shape index (κ2) is 10.9. The van der Waals surface area contributed by atoms with E-state index in [1.54, 1.807) is 24.3 Å². The molecule has 10 heteroatoms. The summed E-state index contributed by atoms with van der Waals surface area (Å²) in [5.74, 6) is -0.696. The molecule has 0 radical (unpaired) electrons. The molecule has 0 saturated heterocycles. The van der Waals surface area contributed by atoms with E-state index in [-0.39, 0.29) is 12.5 Å². The monoisotopic (exact) mass is 531 g/mol. The number of amides is 1. The van der Waals surface area contributed by atoms with Crippen molar-refractivity contribution >= 4 is 33.2 Å². The van der Waals surface area contributed by atoms with E-state index in [0.717, 1.165) is 15.9 Å². The third kappa shape index (κ3) is 5.69. The molecule has 0 aliphatic carbocycles. The Morgan fingerprint density at radius 3 is 2.53 bits per heavy atom. The summed E-state index contributed by atoms with van der Waals surface area (Å²) in [6, 6.07) is 15.2. The molecule has 1 atom stereocenters. The van der Waals surface area contributed by atoms with Crippen LogP contribution < -0.4 is 0 Å². The molecule has 4 rings (SSSR count). The third-order valence-corrected chi connectivity index (χ3v) is 8.07. The number of hydrogen-bond donors (Lipinski definition) is 0. The predicted molar refractivity (Wildman–Crippen MR) is 136 cm³/mol. The van der Waals surface area contributed by atoms with Gasteiger partial charge in [-0.25, -0.2) is 17.8 Å². The van der Waals surface area contributed by atoms with Crippen LogP contribution in [0.1, 0.15) is 44.1 Å². The Hall–Kier alpha value is -3.01. The van der Waals surface area contributed by atoms with Crippen molar-refractivity contribution < 1.29 is 22.0 Å². The lowest BCUT2D eigenvalue weighted by Gasteiger charge is -2.26. The van der Waals surface area contributed by atoms with E-state index in [1.807, 2.05) is 26.0 Å². The molecule has 2 heterocycles. The molecule has 1 aromatic heterocycles. The zero-order chi connectivity index (χ0) is 25.9. The maximum absolute atomic E-state index is 14.5. The van der Waals surface area contributed by atoms with Crippen molar-refractivity contribution in [1.29, 1.82) is 0 Å². The van der Waals surface area contributed by atoms with Crippen molar-refractivity contribution in [3.8, 4) is 0 Å². The maximum Gasteiger partial charge on any atom is 0.258 e. The zero-order valence-corrected chi connectivity index (χ0v) is 21.5. The number of benzene rings is 2. The van der Waals surface area contributed by atoms with Crippen LogP contribution in [0, 0.1) is 11.7 Å². The standard InChI is InChI=1S/C26H27ClFN3O4S/c1-18(2)13-14-30(36(33,34)25-8-4-3-6-21(25)28)17-26(32)31-23(24-7-5-15-35-24)16-22(29-31)19-9-11-20(27)12-10-19/h3-12,15,18,23H,13-14,16-17H2,1-2H3/t23-/m1/s1. The van der Waals surface area contributed by atoms with Gasteiger partial charge in [0, 0.05) is 18.0 Å². The fourth-order valence-corrected chi connectivity index (χ4v) is 5.56. The number of rotatable bonds is 9. The van der Waals surface area contributed by atoms with E-state index in [9.17, 15) is 17.6 Å². The molecular weight excluding hydrogens is 505 g/mol. The van der Waals surface area contributed by atoms with Gasteiger partial charge in [-0.15, -0.1) is 0 Å². The fourth-order valence-electron chi connectivity index (χ4n) is 3.96. The van der Waals surface area contributed by atoms with Crippen molar-refractivity contribution in [3.05, 3.63) is 89.1 Å². The van der Waals surface area contributed by atoms with Gasteiger partial charge in [0.1, 0.15) is 22.5 Å². The van der Waals surface area contributed by atoms with Gasteiger partial charge in [0.05, 0.1) is 18.5 Å². The van der Waals surface area contributed by atoms with E-state index in [1.165, 1.54) is 29.5 Å². The number of halogens is 2. The van der Waals surface area contributed by atoms with Crippen molar-refractivity contribution in [2.45, 2.75) is 37.6 Å². The lowest BCUT2D eigenvalue weighted by molar-refractivity contribution is -0.133. The molecular formula is C26H27ClFN3O4S. The van der Waals surface area contributed by atoms with Crippen LogP contribution in [0.25, 0.3) is 0 Å². The molecule has 0 unspecified atom stereocenters. The van der Waals surface area contributed by atoms with Gasteiger partial charge >= 0.3 is 0 Å². The maximum atomic E-state index is 14.5. The molecule has 1 aliphatic rings. The highest BCUT2D eigenvalue weighted by Gasteiger charge is 2.37. The Labute approximate surface area is 215 Å². The molecule has 0 fully saturated rings. The molecule has 7 nitrogen and oxygen atoms in total. The van der Waals surface area contributed by atoms with Gasteiger partial charge in [-0.3, -0.25) is 4.79 Å². The second-order valence-electron chi connectivity index (χ2n) is 8.98. The van der Waals surface area contributed by atoms with Crippen molar-refractivity contribution in [1.82, 2.24) is 9.31 Å². The highest BCUT2D eigenvalue weighted by Crippen LogP contribution is 2.34. The van der Waals surface area contributed by atoms with Gasteiger partial charge in [-0.2, -0.15) is 9.41 Å². The molecule has 190 valence electrons. The molecule has 3 aromatic rings. The van der Waals surface area contributed by atoms with Crippen LogP contribution in [0.15, 0.2) is 81.3 Å². The number of furan rings is 1. The topological polar surface area (TPSA) is 83.2 Å². The Kier molecular flexibility index (Phi) is 7.92. The highest BCUT2D eigenvalue weighted by atomic mass is 35.5. The first kappa shape index (κ1) is 26.1.